The molecule has 1 aliphatic heterocycles. The van der Waals surface area contributed by atoms with E-state index in [0.29, 0.717) is 28.8 Å². The first kappa shape index (κ1) is 23.2. The highest BCUT2D eigenvalue weighted by molar-refractivity contribution is 7.92. The predicted molar refractivity (Wildman–Crippen MR) is 119 cm³/mol. The van der Waals surface area contributed by atoms with E-state index in [2.05, 4.69) is 10.3 Å². The average Bonchev–Trinajstić information content (AvgIpc) is 3.31. The first-order valence-electron chi connectivity index (χ1n) is 9.36. The lowest BCUT2D eigenvalue weighted by Gasteiger charge is -2.24. The van der Waals surface area contributed by atoms with Crippen LogP contribution >= 0.6 is 22.9 Å². The number of likely N-dealkylation sites (tertiary alicyclic amines) is 1. The minimum Gasteiger partial charge on any atom is -0.480 e. The third-order valence-corrected chi connectivity index (χ3v) is 7.34. The second-order valence-corrected chi connectivity index (χ2v) is 10.2. The summed E-state index contributed by atoms with van der Waals surface area (Å²) in [5.41, 5.74) is 0.854. The molecule has 1 fully saturated rings. The summed E-state index contributed by atoms with van der Waals surface area (Å²) in [4.78, 5) is 30.2. The number of hydrogen-bond donors (Lipinski definition) is 2. The first-order chi connectivity index (χ1) is 14.8. The van der Waals surface area contributed by atoms with Gasteiger partial charge in [-0.25, -0.2) is 8.42 Å². The highest BCUT2D eigenvalue weighted by Gasteiger charge is 2.41. The van der Waals surface area contributed by atoms with Crippen LogP contribution in [0.25, 0.3) is 6.08 Å². The van der Waals surface area contributed by atoms with Crippen LogP contribution in [0.2, 0.25) is 4.34 Å². The number of carbonyl (C=O) groups excluding carboxylic acids is 1. The molecule has 1 unspecified atom stereocenters. The van der Waals surface area contributed by atoms with Gasteiger partial charge >= 0.3 is 5.97 Å². The third-order valence-electron chi connectivity index (χ3n) is 4.62. The molecule has 1 atom stereocenters. The maximum atomic E-state index is 12.8. The van der Waals surface area contributed by atoms with Crippen LogP contribution in [0.5, 0.6) is 0 Å². The number of nitrogens with zero attached hydrogens (tertiary/aromatic N) is 3. The molecule has 31 heavy (non-hydrogen) atoms. The molecule has 1 aliphatic rings. The molecule has 12 heteroatoms. The number of rotatable bonds is 10. The van der Waals surface area contributed by atoms with Gasteiger partial charge in [0.05, 0.1) is 4.34 Å². The van der Waals surface area contributed by atoms with Crippen molar-refractivity contribution in [2.75, 3.05) is 31.5 Å². The van der Waals surface area contributed by atoms with Crippen molar-refractivity contribution in [2.45, 2.75) is 12.5 Å². The maximum absolute atomic E-state index is 12.8. The van der Waals surface area contributed by atoms with Crippen molar-refractivity contribution in [1.29, 1.82) is 0 Å². The second kappa shape index (κ2) is 10.2. The molecule has 0 radical (unpaired) electrons. The average molecular weight is 485 g/mol. The van der Waals surface area contributed by atoms with Crippen molar-refractivity contribution in [3.05, 3.63) is 51.3 Å². The molecule has 0 bridgehead atoms. The Kier molecular flexibility index (Phi) is 7.65. The summed E-state index contributed by atoms with van der Waals surface area (Å²) in [6, 6.07) is 5.81. The van der Waals surface area contributed by atoms with Crippen LogP contribution < -0.4 is 5.32 Å². The molecule has 2 N–H and O–H groups in total. The quantitative estimate of drug-likeness (QED) is 0.530. The lowest BCUT2D eigenvalue weighted by molar-refractivity contribution is -0.138. The largest absolute Gasteiger partial charge is 0.480 e. The van der Waals surface area contributed by atoms with Crippen molar-refractivity contribution in [1.82, 2.24) is 14.2 Å². The zero-order valence-corrected chi connectivity index (χ0v) is 18.7. The van der Waals surface area contributed by atoms with Gasteiger partial charge in [-0.1, -0.05) is 11.6 Å². The van der Waals surface area contributed by atoms with Crippen molar-refractivity contribution >= 4 is 56.6 Å². The van der Waals surface area contributed by atoms with Crippen molar-refractivity contribution < 1.29 is 23.1 Å². The fourth-order valence-corrected chi connectivity index (χ4v) is 5.54. The van der Waals surface area contributed by atoms with E-state index < -0.39 is 34.5 Å². The molecule has 3 rings (SSSR count). The minimum absolute atomic E-state index is 0.221. The molecular formula is C19H21ClN4O5S2. The molecule has 166 valence electrons. The summed E-state index contributed by atoms with van der Waals surface area (Å²) in [6.07, 6.45) is 4.85. The van der Waals surface area contributed by atoms with Gasteiger partial charge in [0.25, 0.3) is 0 Å². The number of pyridine rings is 1. The van der Waals surface area contributed by atoms with Crippen LogP contribution in [0, 0.1) is 0 Å². The minimum atomic E-state index is -4.14. The molecule has 2 aromatic heterocycles. The fraction of sp³-hybridized carbons (Fsp3) is 0.316. The molecule has 1 saturated heterocycles. The lowest BCUT2D eigenvalue weighted by atomic mass is 10.2. The van der Waals surface area contributed by atoms with Crippen molar-refractivity contribution in [2.24, 2.45) is 0 Å². The fourth-order valence-electron chi connectivity index (χ4n) is 3.18. The van der Waals surface area contributed by atoms with E-state index in [4.69, 9.17) is 11.6 Å². The highest BCUT2D eigenvalue weighted by atomic mass is 35.5. The van der Waals surface area contributed by atoms with Gasteiger partial charge in [-0.15, -0.1) is 11.3 Å². The standard InChI is InChI=1S/C19H21ClN4O5S2/c20-17-2-1-15(30-17)6-12-31(28,29)24(13-18(25)26)16-5-10-23(19(16)27)11-9-22-14-3-7-21-8-4-14/h1-4,6-8,12,16H,5,9-11,13H2,(H,21,22)(H,25,26)/b12-6+. The molecule has 0 saturated carbocycles. The molecular weight excluding hydrogens is 464 g/mol. The zero-order chi connectivity index (χ0) is 22.4. The number of carboxylic acid groups (broad SMARTS) is 1. The summed E-state index contributed by atoms with van der Waals surface area (Å²) in [5.74, 6) is -1.74. The molecule has 0 spiro atoms. The molecule has 0 aliphatic carbocycles. The van der Waals surface area contributed by atoms with E-state index in [-0.39, 0.29) is 6.42 Å². The van der Waals surface area contributed by atoms with E-state index >= 15 is 0 Å². The number of carboxylic acids is 1. The molecule has 2 aromatic rings. The monoisotopic (exact) mass is 484 g/mol. The number of sulfonamides is 1. The predicted octanol–water partition coefficient (Wildman–Crippen LogP) is 2.20. The molecule has 9 nitrogen and oxygen atoms in total. The Labute approximate surface area is 189 Å². The zero-order valence-electron chi connectivity index (χ0n) is 16.3. The van der Waals surface area contributed by atoms with E-state index in [1.807, 2.05) is 0 Å². The van der Waals surface area contributed by atoms with Gasteiger partial charge in [-0.2, -0.15) is 4.31 Å². The number of halogens is 1. The Bertz CT molecular complexity index is 1060. The van der Waals surface area contributed by atoms with Crippen molar-refractivity contribution in [3.63, 3.8) is 0 Å². The Morgan fingerprint density at radius 2 is 2.10 bits per heavy atom. The third kappa shape index (κ3) is 6.26. The van der Waals surface area contributed by atoms with Crippen molar-refractivity contribution in [3.8, 4) is 0 Å². The van der Waals surface area contributed by atoms with Gasteiger partial charge in [-0.05, 0) is 36.8 Å². The molecule has 3 heterocycles. The van der Waals surface area contributed by atoms with Gasteiger partial charge in [0.15, 0.2) is 0 Å². The van der Waals surface area contributed by atoms with E-state index in [0.717, 1.165) is 15.4 Å². The Morgan fingerprint density at radius 1 is 1.35 bits per heavy atom. The van der Waals surface area contributed by atoms with Crippen LogP contribution in [-0.2, 0) is 19.6 Å². The number of anilines is 1. The topological polar surface area (TPSA) is 120 Å². The highest BCUT2D eigenvalue weighted by Crippen LogP contribution is 2.25. The van der Waals surface area contributed by atoms with Gasteiger partial charge in [0.2, 0.25) is 15.9 Å². The van der Waals surface area contributed by atoms with Gasteiger partial charge in [0.1, 0.15) is 12.6 Å². The first-order valence-corrected chi connectivity index (χ1v) is 12.1. The Balaban J connectivity index is 1.68. The molecule has 1 amide bonds. The second-order valence-electron chi connectivity index (χ2n) is 6.72. The smallest absolute Gasteiger partial charge is 0.318 e. The Morgan fingerprint density at radius 3 is 2.74 bits per heavy atom. The summed E-state index contributed by atoms with van der Waals surface area (Å²) < 4.78 is 26.9. The summed E-state index contributed by atoms with van der Waals surface area (Å²) in [5, 5.41) is 13.3. The number of thiophene rings is 1. The SMILES string of the molecule is O=C(O)CN(C1CCN(CCNc2ccncc2)C1=O)S(=O)(=O)/C=C/c1ccc(Cl)s1. The number of aliphatic carboxylic acids is 1. The number of amides is 1. The van der Waals surface area contributed by atoms with Crippen LogP contribution in [-0.4, -0.2) is 71.8 Å². The summed E-state index contributed by atoms with van der Waals surface area (Å²) in [7, 11) is -4.14. The molecule has 0 aromatic carbocycles. The normalized spacial score (nSPS) is 17.0. The van der Waals surface area contributed by atoms with Crippen LogP contribution in [0.1, 0.15) is 11.3 Å². The Hall–Kier alpha value is -2.47. The van der Waals surface area contributed by atoms with E-state index in [1.165, 1.54) is 22.3 Å². The van der Waals surface area contributed by atoms with Gasteiger partial charge < -0.3 is 15.3 Å². The maximum Gasteiger partial charge on any atom is 0.318 e. The van der Waals surface area contributed by atoms with Gasteiger partial charge in [0, 0.05) is 48.0 Å². The summed E-state index contributed by atoms with van der Waals surface area (Å²) in [6.45, 7) is 0.379. The lowest BCUT2D eigenvalue weighted by Crippen LogP contribution is -2.47. The van der Waals surface area contributed by atoms with Gasteiger partial charge in [-0.3, -0.25) is 14.6 Å². The number of carbonyl (C=O) groups is 2. The van der Waals surface area contributed by atoms with E-state index in [1.54, 1.807) is 36.7 Å². The van der Waals surface area contributed by atoms with Crippen LogP contribution in [0.15, 0.2) is 42.1 Å². The van der Waals surface area contributed by atoms with Crippen LogP contribution in [0.4, 0.5) is 5.69 Å². The number of aromatic nitrogens is 1. The van der Waals surface area contributed by atoms with E-state index in [9.17, 15) is 23.1 Å². The number of hydrogen-bond acceptors (Lipinski definition) is 7. The number of nitrogens with one attached hydrogen (secondary N) is 1. The summed E-state index contributed by atoms with van der Waals surface area (Å²) >= 11 is 7.04. The van der Waals surface area contributed by atoms with Crippen LogP contribution in [0.3, 0.4) is 0 Å².